The predicted molar refractivity (Wildman–Crippen MR) is 84.5 cm³/mol. The van der Waals surface area contributed by atoms with Gasteiger partial charge in [0.2, 0.25) is 5.91 Å². The Hall–Kier alpha value is -1.55. The van der Waals surface area contributed by atoms with Gasteiger partial charge in [0.1, 0.15) is 5.75 Å². The Morgan fingerprint density at radius 3 is 2.95 bits per heavy atom. The number of ether oxygens (including phenoxy) is 1. The van der Waals surface area contributed by atoms with Gasteiger partial charge in [-0.05, 0) is 48.4 Å². The van der Waals surface area contributed by atoms with E-state index in [-0.39, 0.29) is 11.9 Å². The van der Waals surface area contributed by atoms with Crippen molar-refractivity contribution in [1.82, 2.24) is 10.6 Å². The zero-order valence-corrected chi connectivity index (χ0v) is 13.2. The van der Waals surface area contributed by atoms with E-state index in [4.69, 9.17) is 4.74 Å². The van der Waals surface area contributed by atoms with Crippen molar-refractivity contribution in [2.45, 2.75) is 39.2 Å². The number of benzene rings is 1. The summed E-state index contributed by atoms with van der Waals surface area (Å²) in [5.74, 6) is 1.46. The molecule has 1 unspecified atom stereocenters. The summed E-state index contributed by atoms with van der Waals surface area (Å²) in [5, 5.41) is 6.33. The van der Waals surface area contributed by atoms with E-state index in [0.29, 0.717) is 12.5 Å². The first-order valence-electron chi connectivity index (χ1n) is 7.77. The molecule has 1 aliphatic rings. The number of carbonyl (C=O) groups excluding carboxylic acids is 1. The summed E-state index contributed by atoms with van der Waals surface area (Å²) >= 11 is 0. The highest BCUT2D eigenvalue weighted by Crippen LogP contribution is 2.31. The van der Waals surface area contributed by atoms with Gasteiger partial charge >= 0.3 is 0 Å². The molecule has 0 heterocycles. The lowest BCUT2D eigenvalue weighted by Crippen LogP contribution is -2.38. The smallest absolute Gasteiger partial charge is 0.233 e. The third kappa shape index (κ3) is 4.46. The predicted octanol–water partition coefficient (Wildman–Crippen LogP) is 2.43. The van der Waals surface area contributed by atoms with Crippen LogP contribution in [0.25, 0.3) is 0 Å². The van der Waals surface area contributed by atoms with Crippen molar-refractivity contribution in [2.75, 3.05) is 20.2 Å². The Morgan fingerprint density at radius 1 is 1.43 bits per heavy atom. The van der Waals surface area contributed by atoms with Gasteiger partial charge in [-0.15, -0.1) is 0 Å². The van der Waals surface area contributed by atoms with Crippen LogP contribution >= 0.6 is 0 Å². The molecular formula is C17H26N2O2. The molecule has 0 saturated carbocycles. The molecular weight excluding hydrogens is 264 g/mol. The van der Waals surface area contributed by atoms with Gasteiger partial charge in [-0.1, -0.05) is 19.9 Å². The second kappa shape index (κ2) is 7.46. The van der Waals surface area contributed by atoms with Crippen molar-refractivity contribution in [3.05, 3.63) is 29.3 Å². The topological polar surface area (TPSA) is 50.4 Å². The van der Waals surface area contributed by atoms with E-state index in [1.54, 1.807) is 7.11 Å². The van der Waals surface area contributed by atoms with Gasteiger partial charge in [0.25, 0.3) is 0 Å². The van der Waals surface area contributed by atoms with Crippen molar-refractivity contribution in [1.29, 1.82) is 0 Å². The summed E-state index contributed by atoms with van der Waals surface area (Å²) in [5.41, 5.74) is 2.64. The lowest BCUT2D eigenvalue weighted by atomic mass is 9.87. The molecule has 116 valence electrons. The van der Waals surface area contributed by atoms with Crippen molar-refractivity contribution in [2.24, 2.45) is 5.92 Å². The molecule has 1 aliphatic carbocycles. The van der Waals surface area contributed by atoms with Gasteiger partial charge in [-0.3, -0.25) is 4.79 Å². The van der Waals surface area contributed by atoms with Crippen LogP contribution in [0.4, 0.5) is 0 Å². The Bertz CT molecular complexity index is 486. The molecule has 0 aromatic heterocycles. The number of rotatable bonds is 6. The molecule has 0 radical (unpaired) electrons. The lowest BCUT2D eigenvalue weighted by Gasteiger charge is -2.26. The molecule has 0 saturated heterocycles. The molecule has 0 aliphatic heterocycles. The van der Waals surface area contributed by atoms with Crippen LogP contribution in [-0.4, -0.2) is 26.1 Å². The summed E-state index contributed by atoms with van der Waals surface area (Å²) in [6, 6.07) is 6.50. The maximum atomic E-state index is 11.8. The molecule has 0 fully saturated rings. The maximum absolute atomic E-state index is 11.8. The maximum Gasteiger partial charge on any atom is 0.233 e. The number of hydrogen-bond donors (Lipinski definition) is 2. The summed E-state index contributed by atoms with van der Waals surface area (Å²) in [6.07, 6.45) is 3.31. The van der Waals surface area contributed by atoms with Gasteiger partial charge in [-0.25, -0.2) is 0 Å². The second-order valence-corrected chi connectivity index (χ2v) is 6.09. The fraction of sp³-hybridized carbons (Fsp3) is 0.588. The number of aryl methyl sites for hydroxylation is 1. The van der Waals surface area contributed by atoms with Crippen LogP contribution in [0.15, 0.2) is 18.2 Å². The Morgan fingerprint density at radius 2 is 2.24 bits per heavy atom. The summed E-state index contributed by atoms with van der Waals surface area (Å²) in [6.45, 7) is 5.30. The molecule has 0 spiro atoms. The minimum Gasteiger partial charge on any atom is -0.497 e. The van der Waals surface area contributed by atoms with Crippen molar-refractivity contribution < 1.29 is 9.53 Å². The van der Waals surface area contributed by atoms with Gasteiger partial charge in [0.15, 0.2) is 0 Å². The van der Waals surface area contributed by atoms with Crippen LogP contribution < -0.4 is 15.4 Å². The van der Waals surface area contributed by atoms with E-state index in [1.165, 1.54) is 11.1 Å². The highest BCUT2D eigenvalue weighted by Gasteiger charge is 2.20. The number of carbonyl (C=O) groups is 1. The average molecular weight is 290 g/mol. The number of methoxy groups -OCH3 is 1. The molecule has 1 amide bonds. The molecule has 1 aromatic rings. The Labute approximate surface area is 127 Å². The average Bonchev–Trinajstić information content (AvgIpc) is 2.50. The molecule has 4 heteroatoms. The van der Waals surface area contributed by atoms with Crippen LogP contribution in [0.2, 0.25) is 0 Å². The first-order valence-corrected chi connectivity index (χ1v) is 7.77. The van der Waals surface area contributed by atoms with E-state index in [0.717, 1.165) is 31.6 Å². The second-order valence-electron chi connectivity index (χ2n) is 6.09. The summed E-state index contributed by atoms with van der Waals surface area (Å²) < 4.78 is 5.28. The first-order chi connectivity index (χ1) is 10.1. The molecule has 21 heavy (non-hydrogen) atoms. The van der Waals surface area contributed by atoms with E-state index >= 15 is 0 Å². The van der Waals surface area contributed by atoms with Gasteiger partial charge in [0.05, 0.1) is 13.7 Å². The van der Waals surface area contributed by atoms with E-state index in [2.05, 4.69) is 36.6 Å². The Kier molecular flexibility index (Phi) is 5.62. The molecule has 2 rings (SSSR count). The fourth-order valence-corrected chi connectivity index (χ4v) is 2.73. The van der Waals surface area contributed by atoms with E-state index < -0.39 is 0 Å². The number of hydrogen-bond acceptors (Lipinski definition) is 3. The largest absolute Gasteiger partial charge is 0.497 e. The third-order valence-corrected chi connectivity index (χ3v) is 3.88. The van der Waals surface area contributed by atoms with Crippen LogP contribution in [0, 0.1) is 5.92 Å². The number of fused-ring (bicyclic) bond motifs is 1. The standard InChI is InChI=1S/C17H26N2O2/c1-12(2)10-19-17(20)11-18-16-6-4-5-13-9-14(21-3)7-8-15(13)16/h7-9,12,16,18H,4-6,10-11H2,1-3H3,(H,19,20). The monoisotopic (exact) mass is 290 g/mol. The van der Waals surface area contributed by atoms with Crippen molar-refractivity contribution in [3.63, 3.8) is 0 Å². The minimum atomic E-state index is 0.0735. The fourth-order valence-electron chi connectivity index (χ4n) is 2.73. The highest BCUT2D eigenvalue weighted by molar-refractivity contribution is 5.78. The number of amides is 1. The quantitative estimate of drug-likeness (QED) is 0.846. The first kappa shape index (κ1) is 15.8. The van der Waals surface area contributed by atoms with Crippen LogP contribution in [0.5, 0.6) is 5.75 Å². The lowest BCUT2D eigenvalue weighted by molar-refractivity contribution is -0.120. The minimum absolute atomic E-state index is 0.0735. The zero-order valence-electron chi connectivity index (χ0n) is 13.2. The molecule has 0 bridgehead atoms. The molecule has 4 nitrogen and oxygen atoms in total. The molecule has 1 atom stereocenters. The SMILES string of the molecule is COc1ccc2c(c1)CCCC2NCC(=O)NCC(C)C. The van der Waals surface area contributed by atoms with Crippen LogP contribution in [0.1, 0.15) is 43.9 Å². The third-order valence-electron chi connectivity index (χ3n) is 3.88. The number of nitrogens with one attached hydrogen (secondary N) is 2. The normalized spacial score (nSPS) is 17.4. The van der Waals surface area contributed by atoms with E-state index in [1.807, 2.05) is 6.07 Å². The van der Waals surface area contributed by atoms with Gasteiger partial charge < -0.3 is 15.4 Å². The highest BCUT2D eigenvalue weighted by atomic mass is 16.5. The van der Waals surface area contributed by atoms with Gasteiger partial charge in [-0.2, -0.15) is 0 Å². The van der Waals surface area contributed by atoms with Crippen LogP contribution in [0.3, 0.4) is 0 Å². The molecule has 1 aromatic carbocycles. The summed E-state index contributed by atoms with van der Waals surface area (Å²) in [7, 11) is 1.69. The molecule has 2 N–H and O–H groups in total. The van der Waals surface area contributed by atoms with Crippen LogP contribution in [-0.2, 0) is 11.2 Å². The zero-order chi connectivity index (χ0) is 15.2. The van der Waals surface area contributed by atoms with Gasteiger partial charge in [0, 0.05) is 12.6 Å². The van der Waals surface area contributed by atoms with Crippen molar-refractivity contribution >= 4 is 5.91 Å². The summed E-state index contributed by atoms with van der Waals surface area (Å²) in [4.78, 5) is 11.8. The van der Waals surface area contributed by atoms with E-state index in [9.17, 15) is 4.79 Å². The van der Waals surface area contributed by atoms with Crippen molar-refractivity contribution in [3.8, 4) is 5.75 Å². The Balaban J connectivity index is 1.92.